The third-order valence-electron chi connectivity index (χ3n) is 4.48. The lowest BCUT2D eigenvalue weighted by Gasteiger charge is -2.09. The topological polar surface area (TPSA) is 118 Å². The molecule has 0 aromatic carbocycles. The molecule has 3 N–H and O–H groups in total. The Morgan fingerprint density at radius 2 is 2.09 bits per heavy atom. The van der Waals surface area contributed by atoms with Crippen molar-refractivity contribution >= 4 is 34.7 Å². The van der Waals surface area contributed by atoms with Gasteiger partial charge in [0.25, 0.3) is 0 Å². The first kappa shape index (κ1) is 25.0. The molecule has 2 amide bonds. The maximum absolute atomic E-state index is 13.3. The lowest BCUT2D eigenvalue weighted by Crippen LogP contribution is -2.30. The van der Waals surface area contributed by atoms with Gasteiger partial charge in [0.2, 0.25) is 5.88 Å². The van der Waals surface area contributed by atoms with Crippen molar-refractivity contribution in [2.75, 3.05) is 18.5 Å². The number of nitrogens with zero attached hydrogens (tertiary/aromatic N) is 5. The van der Waals surface area contributed by atoms with Crippen molar-refractivity contribution in [2.45, 2.75) is 26.4 Å². The molecule has 2 aromatic heterocycles. The van der Waals surface area contributed by atoms with Crippen LogP contribution in [0.25, 0.3) is 0 Å². The number of carbonyl (C=O) groups is 1. The van der Waals surface area contributed by atoms with E-state index in [1.807, 2.05) is 0 Å². The van der Waals surface area contributed by atoms with Crippen LogP contribution in [0.1, 0.15) is 31.5 Å². The van der Waals surface area contributed by atoms with Crippen LogP contribution in [0.15, 0.2) is 40.3 Å². The summed E-state index contributed by atoms with van der Waals surface area (Å²) in [6, 6.07) is 1.02. The Morgan fingerprint density at radius 3 is 2.76 bits per heavy atom. The lowest BCUT2D eigenvalue weighted by atomic mass is 10.0. The van der Waals surface area contributed by atoms with Gasteiger partial charge in [0, 0.05) is 26.2 Å². The first-order chi connectivity index (χ1) is 16.1. The van der Waals surface area contributed by atoms with Gasteiger partial charge in [-0.1, -0.05) is 11.6 Å². The highest BCUT2D eigenvalue weighted by Crippen LogP contribution is 2.32. The number of alkyl halides is 3. The summed E-state index contributed by atoms with van der Waals surface area (Å²) in [5.74, 6) is 0.270. The molecule has 1 aliphatic rings. The summed E-state index contributed by atoms with van der Waals surface area (Å²) in [5.41, 5.74) is 2.63. The average Bonchev–Trinajstić information content (AvgIpc) is 3.05. The van der Waals surface area contributed by atoms with Crippen LogP contribution in [0.5, 0.6) is 5.88 Å². The minimum atomic E-state index is -4.63. The molecular formula is C20H22ClF3N8O2. The van der Waals surface area contributed by atoms with Crippen molar-refractivity contribution in [1.82, 2.24) is 25.6 Å². The van der Waals surface area contributed by atoms with Crippen molar-refractivity contribution in [2.24, 2.45) is 17.3 Å². The second kappa shape index (κ2) is 10.5. The molecule has 182 valence electrons. The molecule has 2 aromatic rings. The lowest BCUT2D eigenvalue weighted by molar-refractivity contribution is -0.141. The van der Waals surface area contributed by atoms with Crippen LogP contribution in [0.2, 0.25) is 5.02 Å². The number of halogens is 4. The standard InChI is InChI=1S/C20H22ClF3N8O2/c1-4-34-18-15(21)8-13(9-26-18)27-19(33)25-6-5-12-7-11(2)16(29-31-28-12)14-10-32(3)30-17(14)20(22,23)24/h7-10,31H,4-6H2,1-3H3,(H2,25,27,33). The van der Waals surface area contributed by atoms with E-state index in [9.17, 15) is 18.0 Å². The molecule has 0 fully saturated rings. The molecule has 0 spiro atoms. The van der Waals surface area contributed by atoms with E-state index in [0.717, 1.165) is 4.68 Å². The molecule has 14 heteroatoms. The maximum Gasteiger partial charge on any atom is 0.435 e. The second-order valence-electron chi connectivity index (χ2n) is 7.13. The van der Waals surface area contributed by atoms with E-state index in [0.29, 0.717) is 30.0 Å². The van der Waals surface area contributed by atoms with E-state index in [4.69, 9.17) is 16.3 Å². The molecule has 3 heterocycles. The van der Waals surface area contributed by atoms with Gasteiger partial charge in [0.15, 0.2) is 5.69 Å². The van der Waals surface area contributed by atoms with Gasteiger partial charge in [-0.3, -0.25) is 4.68 Å². The van der Waals surface area contributed by atoms with Crippen LogP contribution in [-0.4, -0.2) is 45.4 Å². The molecule has 0 saturated carbocycles. The second-order valence-corrected chi connectivity index (χ2v) is 7.54. The quantitative estimate of drug-likeness (QED) is 0.538. The zero-order valence-corrected chi connectivity index (χ0v) is 19.3. The smallest absolute Gasteiger partial charge is 0.435 e. The molecule has 0 atom stereocenters. The highest BCUT2D eigenvalue weighted by molar-refractivity contribution is 6.32. The summed E-state index contributed by atoms with van der Waals surface area (Å²) in [5, 5.41) is 17.0. The van der Waals surface area contributed by atoms with Crippen molar-refractivity contribution < 1.29 is 22.7 Å². The first-order valence-electron chi connectivity index (χ1n) is 10.1. The molecule has 34 heavy (non-hydrogen) atoms. The first-order valence-corrected chi connectivity index (χ1v) is 10.5. The Balaban J connectivity index is 1.58. The number of amides is 2. The molecule has 3 rings (SSSR count). The summed E-state index contributed by atoms with van der Waals surface area (Å²) < 4.78 is 46.3. The fourth-order valence-electron chi connectivity index (χ4n) is 3.07. The Labute approximate surface area is 197 Å². The summed E-state index contributed by atoms with van der Waals surface area (Å²) in [7, 11) is 1.40. The van der Waals surface area contributed by atoms with Crippen LogP contribution in [0.3, 0.4) is 0 Å². The van der Waals surface area contributed by atoms with Gasteiger partial charge in [-0.25, -0.2) is 9.78 Å². The Morgan fingerprint density at radius 1 is 1.32 bits per heavy atom. The summed E-state index contributed by atoms with van der Waals surface area (Å²) in [4.78, 5) is 16.2. The largest absolute Gasteiger partial charge is 0.477 e. The van der Waals surface area contributed by atoms with Crippen LogP contribution in [0, 0.1) is 0 Å². The van der Waals surface area contributed by atoms with Crippen molar-refractivity contribution in [3.63, 3.8) is 0 Å². The molecule has 0 aliphatic carbocycles. The zero-order valence-electron chi connectivity index (χ0n) is 18.5. The Kier molecular flexibility index (Phi) is 7.76. The number of nitrogens with one attached hydrogen (secondary N) is 3. The van der Waals surface area contributed by atoms with Gasteiger partial charge in [-0.2, -0.15) is 34.0 Å². The molecule has 10 nitrogen and oxygen atoms in total. The minimum absolute atomic E-state index is 0.0738. The van der Waals surface area contributed by atoms with Crippen molar-refractivity contribution in [1.29, 1.82) is 0 Å². The van der Waals surface area contributed by atoms with Crippen molar-refractivity contribution in [3.05, 3.63) is 46.4 Å². The highest BCUT2D eigenvalue weighted by atomic mass is 35.5. The predicted octanol–water partition coefficient (Wildman–Crippen LogP) is 3.71. The number of urea groups is 1. The number of allylic oxidation sites excluding steroid dienone is 2. The fourth-order valence-corrected chi connectivity index (χ4v) is 3.29. The number of pyridine rings is 1. The number of rotatable bonds is 7. The van der Waals surface area contributed by atoms with Gasteiger partial charge in [0.05, 0.1) is 35.5 Å². The minimum Gasteiger partial charge on any atom is -0.477 e. The molecule has 0 radical (unpaired) electrons. The van der Waals surface area contributed by atoms with Crippen LogP contribution >= 0.6 is 11.6 Å². The number of aromatic nitrogens is 3. The van der Waals surface area contributed by atoms with Crippen LogP contribution in [0.4, 0.5) is 23.7 Å². The zero-order chi connectivity index (χ0) is 24.9. The average molecular weight is 499 g/mol. The summed E-state index contributed by atoms with van der Waals surface area (Å²) in [6.07, 6.45) is -0.0759. The van der Waals surface area contributed by atoms with E-state index < -0.39 is 17.9 Å². The van der Waals surface area contributed by atoms with E-state index in [1.54, 1.807) is 19.9 Å². The van der Waals surface area contributed by atoms with Crippen molar-refractivity contribution in [3.8, 4) is 5.88 Å². The monoisotopic (exact) mass is 498 g/mol. The number of anilines is 1. The molecular weight excluding hydrogens is 477 g/mol. The summed E-state index contributed by atoms with van der Waals surface area (Å²) in [6.45, 7) is 4.03. The van der Waals surface area contributed by atoms with E-state index >= 15 is 0 Å². The van der Waals surface area contributed by atoms with Gasteiger partial charge in [-0.15, -0.1) is 0 Å². The van der Waals surface area contributed by atoms with Gasteiger partial charge in [-0.05, 0) is 31.6 Å². The molecule has 0 unspecified atom stereocenters. The normalized spacial score (nSPS) is 13.8. The Hall–Kier alpha value is -3.61. The SMILES string of the molecule is CCOc1ncc(NC(=O)NCCC2=NNN=C(c3cn(C)nc3C(F)(F)F)C(C)=C2)cc1Cl. The number of hydrogen-bond donors (Lipinski definition) is 3. The number of carbonyl (C=O) groups excluding carboxylic acids is 1. The third kappa shape index (κ3) is 6.25. The Bertz CT molecular complexity index is 1160. The van der Waals surface area contributed by atoms with Gasteiger partial charge < -0.3 is 15.4 Å². The molecule has 0 bridgehead atoms. The van der Waals surface area contributed by atoms with Gasteiger partial charge >= 0.3 is 12.2 Å². The third-order valence-corrected chi connectivity index (χ3v) is 4.75. The fraction of sp³-hybridized carbons (Fsp3) is 0.350. The van der Waals surface area contributed by atoms with E-state index in [-0.39, 0.29) is 28.7 Å². The van der Waals surface area contributed by atoms with E-state index in [2.05, 4.69) is 36.5 Å². The number of ether oxygens (including phenoxy) is 1. The van der Waals surface area contributed by atoms with Crippen LogP contribution in [-0.2, 0) is 13.2 Å². The predicted molar refractivity (Wildman–Crippen MR) is 121 cm³/mol. The number of aryl methyl sites for hydroxylation is 1. The number of hydrogen-bond acceptors (Lipinski definition) is 7. The molecule has 0 saturated heterocycles. The number of hydrazone groups is 2. The maximum atomic E-state index is 13.3. The van der Waals surface area contributed by atoms with E-state index in [1.165, 1.54) is 25.5 Å². The van der Waals surface area contributed by atoms with Crippen LogP contribution < -0.4 is 20.9 Å². The highest BCUT2D eigenvalue weighted by Gasteiger charge is 2.38. The summed E-state index contributed by atoms with van der Waals surface area (Å²) >= 11 is 6.05. The molecule has 1 aliphatic heterocycles. The van der Waals surface area contributed by atoms with Gasteiger partial charge in [0.1, 0.15) is 5.02 Å².